The quantitative estimate of drug-likeness (QED) is 0.812. The number of amides is 2. The topological polar surface area (TPSA) is 72.9 Å². The fourth-order valence-corrected chi connectivity index (χ4v) is 3.31. The maximum absolute atomic E-state index is 13.0. The number of nitrogens with one attached hydrogen (secondary N) is 1. The third-order valence-electron chi connectivity index (χ3n) is 4.81. The van der Waals surface area contributed by atoms with Gasteiger partial charge in [-0.05, 0) is 44.0 Å². The van der Waals surface area contributed by atoms with E-state index in [0.29, 0.717) is 32.5 Å². The lowest BCUT2D eigenvalue weighted by Gasteiger charge is -2.37. The van der Waals surface area contributed by atoms with Crippen LogP contribution in [-0.2, 0) is 11.0 Å². The molecule has 150 valence electrons. The molecule has 2 rings (SSSR count). The van der Waals surface area contributed by atoms with Crippen LogP contribution in [0, 0.1) is 6.92 Å². The Morgan fingerprint density at radius 3 is 2.44 bits per heavy atom. The minimum atomic E-state index is -4.48. The molecule has 1 saturated heterocycles. The van der Waals surface area contributed by atoms with Gasteiger partial charge in [0.15, 0.2) is 0 Å². The Kier molecular flexibility index (Phi) is 6.69. The highest BCUT2D eigenvalue weighted by Gasteiger charge is 2.33. The van der Waals surface area contributed by atoms with Gasteiger partial charge in [0, 0.05) is 24.8 Å². The van der Waals surface area contributed by atoms with E-state index < -0.39 is 23.7 Å². The van der Waals surface area contributed by atoms with E-state index in [1.807, 2.05) is 11.8 Å². The highest BCUT2D eigenvalue weighted by molar-refractivity contribution is 5.89. The van der Waals surface area contributed by atoms with Gasteiger partial charge in [-0.15, -0.1) is 0 Å². The summed E-state index contributed by atoms with van der Waals surface area (Å²) in [5.74, 6) is -0.892. The lowest BCUT2D eigenvalue weighted by molar-refractivity contribution is -0.139. The number of aryl methyl sites for hydroxylation is 1. The maximum Gasteiger partial charge on any atom is 0.416 e. The van der Waals surface area contributed by atoms with E-state index >= 15 is 0 Å². The fourth-order valence-electron chi connectivity index (χ4n) is 3.31. The Balaban J connectivity index is 1.96. The van der Waals surface area contributed by atoms with Crippen molar-refractivity contribution >= 4 is 17.7 Å². The molecule has 0 unspecified atom stereocenters. The van der Waals surface area contributed by atoms with Crippen molar-refractivity contribution in [2.45, 2.75) is 38.9 Å². The molecule has 0 radical (unpaired) electrons. The van der Waals surface area contributed by atoms with Gasteiger partial charge in [-0.1, -0.05) is 13.0 Å². The number of benzene rings is 1. The molecular formula is C18H24F3N3O3. The van der Waals surface area contributed by atoms with Gasteiger partial charge in [0.2, 0.25) is 0 Å². The number of urea groups is 1. The van der Waals surface area contributed by atoms with Crippen molar-refractivity contribution in [1.29, 1.82) is 0 Å². The minimum absolute atomic E-state index is 0.0447. The first kappa shape index (κ1) is 21.0. The van der Waals surface area contributed by atoms with Crippen LogP contribution < -0.4 is 5.32 Å². The normalized spacial score (nSPS) is 15.9. The number of carboxylic acid groups (broad SMARTS) is 1. The van der Waals surface area contributed by atoms with Crippen molar-refractivity contribution in [3.8, 4) is 0 Å². The number of nitrogens with zero attached hydrogens (tertiary/aromatic N) is 2. The molecule has 1 aromatic rings. The minimum Gasteiger partial charge on any atom is -0.480 e. The summed E-state index contributed by atoms with van der Waals surface area (Å²) in [6.45, 7) is 4.66. The Hall–Kier alpha value is -2.29. The molecule has 2 amide bonds. The number of carbonyl (C=O) groups excluding carboxylic acids is 1. The van der Waals surface area contributed by atoms with Crippen molar-refractivity contribution in [3.05, 3.63) is 29.3 Å². The molecule has 1 aromatic carbocycles. The van der Waals surface area contributed by atoms with Gasteiger partial charge in [0.1, 0.15) is 0 Å². The Morgan fingerprint density at radius 2 is 1.93 bits per heavy atom. The summed E-state index contributed by atoms with van der Waals surface area (Å²) in [6.07, 6.45) is -3.23. The van der Waals surface area contributed by atoms with Crippen LogP contribution in [0.25, 0.3) is 0 Å². The first-order chi connectivity index (χ1) is 12.6. The SMILES string of the molecule is CCN(CC(=O)O)C1CCN(C(=O)Nc2ccc(C)c(C(F)(F)F)c2)CC1. The predicted octanol–water partition coefficient (Wildman–Crippen LogP) is 3.42. The molecule has 0 saturated carbocycles. The van der Waals surface area contributed by atoms with Gasteiger partial charge in [0.05, 0.1) is 12.1 Å². The number of rotatable bonds is 5. The summed E-state index contributed by atoms with van der Waals surface area (Å²) in [7, 11) is 0. The lowest BCUT2D eigenvalue weighted by Crippen LogP contribution is -2.49. The van der Waals surface area contributed by atoms with Gasteiger partial charge in [-0.2, -0.15) is 13.2 Å². The van der Waals surface area contributed by atoms with E-state index in [0.717, 1.165) is 6.07 Å². The molecule has 1 fully saturated rings. The number of piperidine rings is 1. The monoisotopic (exact) mass is 387 g/mol. The molecule has 1 heterocycles. The summed E-state index contributed by atoms with van der Waals surface area (Å²) in [4.78, 5) is 26.7. The van der Waals surface area contributed by atoms with Crippen molar-refractivity contribution < 1.29 is 27.9 Å². The summed E-state index contributed by atoms with van der Waals surface area (Å²) < 4.78 is 39.0. The number of alkyl halides is 3. The van der Waals surface area contributed by atoms with Gasteiger partial charge in [0.25, 0.3) is 0 Å². The smallest absolute Gasteiger partial charge is 0.416 e. The summed E-state index contributed by atoms with van der Waals surface area (Å²) >= 11 is 0. The number of hydrogen-bond donors (Lipinski definition) is 2. The molecule has 0 spiro atoms. The first-order valence-corrected chi connectivity index (χ1v) is 8.81. The Bertz CT molecular complexity index is 686. The number of likely N-dealkylation sites (N-methyl/N-ethyl adjacent to an activating group) is 1. The van der Waals surface area contributed by atoms with Gasteiger partial charge >= 0.3 is 18.2 Å². The highest BCUT2D eigenvalue weighted by atomic mass is 19.4. The van der Waals surface area contributed by atoms with Crippen LogP contribution in [0.1, 0.15) is 30.9 Å². The van der Waals surface area contributed by atoms with E-state index in [1.165, 1.54) is 24.0 Å². The number of hydrogen-bond acceptors (Lipinski definition) is 3. The molecule has 9 heteroatoms. The van der Waals surface area contributed by atoms with E-state index in [4.69, 9.17) is 5.11 Å². The molecule has 2 N–H and O–H groups in total. The molecule has 0 aromatic heterocycles. The second-order valence-electron chi connectivity index (χ2n) is 6.63. The molecule has 1 aliphatic rings. The second kappa shape index (κ2) is 8.60. The van der Waals surface area contributed by atoms with Gasteiger partial charge in [-0.25, -0.2) is 4.79 Å². The van der Waals surface area contributed by atoms with Crippen molar-refractivity contribution in [1.82, 2.24) is 9.80 Å². The van der Waals surface area contributed by atoms with Gasteiger partial charge in [-0.3, -0.25) is 9.69 Å². The number of anilines is 1. The Morgan fingerprint density at radius 1 is 1.30 bits per heavy atom. The average molecular weight is 387 g/mol. The van der Waals surface area contributed by atoms with Crippen LogP contribution >= 0.6 is 0 Å². The van der Waals surface area contributed by atoms with Crippen molar-refractivity contribution in [3.63, 3.8) is 0 Å². The molecule has 0 bridgehead atoms. The average Bonchev–Trinajstić information content (AvgIpc) is 2.60. The maximum atomic E-state index is 13.0. The largest absolute Gasteiger partial charge is 0.480 e. The predicted molar refractivity (Wildman–Crippen MR) is 94.7 cm³/mol. The number of carbonyl (C=O) groups is 2. The molecule has 0 atom stereocenters. The van der Waals surface area contributed by atoms with E-state index in [2.05, 4.69) is 5.32 Å². The van der Waals surface area contributed by atoms with Crippen LogP contribution in [0.3, 0.4) is 0 Å². The first-order valence-electron chi connectivity index (χ1n) is 8.81. The van der Waals surface area contributed by atoms with Crippen LogP contribution in [0.5, 0.6) is 0 Å². The summed E-state index contributed by atoms with van der Waals surface area (Å²) in [5, 5.41) is 11.5. The van der Waals surface area contributed by atoms with E-state index in [-0.39, 0.29) is 23.8 Å². The lowest BCUT2D eigenvalue weighted by atomic mass is 10.0. The van der Waals surface area contributed by atoms with Crippen molar-refractivity contribution in [2.24, 2.45) is 0 Å². The van der Waals surface area contributed by atoms with Crippen LogP contribution in [0.2, 0.25) is 0 Å². The van der Waals surface area contributed by atoms with Crippen LogP contribution in [-0.4, -0.2) is 59.1 Å². The zero-order valence-electron chi connectivity index (χ0n) is 15.3. The Labute approximate surface area is 155 Å². The number of carboxylic acids is 1. The fraction of sp³-hybridized carbons (Fsp3) is 0.556. The second-order valence-corrected chi connectivity index (χ2v) is 6.63. The summed E-state index contributed by atoms with van der Waals surface area (Å²) in [6, 6.07) is 3.33. The standard InChI is InChI=1S/C18H24F3N3O3/c1-3-23(11-16(25)26)14-6-8-24(9-7-14)17(27)22-13-5-4-12(2)15(10-13)18(19,20)21/h4-5,10,14H,3,6-9,11H2,1-2H3,(H,22,27)(H,25,26). The highest BCUT2D eigenvalue weighted by Crippen LogP contribution is 2.33. The molecule has 6 nitrogen and oxygen atoms in total. The molecular weight excluding hydrogens is 363 g/mol. The number of likely N-dealkylation sites (tertiary alicyclic amines) is 1. The van der Waals surface area contributed by atoms with E-state index in [9.17, 15) is 22.8 Å². The molecule has 27 heavy (non-hydrogen) atoms. The van der Waals surface area contributed by atoms with Crippen LogP contribution in [0.15, 0.2) is 18.2 Å². The van der Waals surface area contributed by atoms with Crippen LogP contribution in [0.4, 0.5) is 23.7 Å². The molecule has 0 aliphatic carbocycles. The zero-order valence-corrected chi connectivity index (χ0v) is 15.3. The van der Waals surface area contributed by atoms with E-state index in [1.54, 1.807) is 0 Å². The number of aliphatic carboxylic acids is 1. The van der Waals surface area contributed by atoms with Crippen molar-refractivity contribution in [2.75, 3.05) is 31.5 Å². The zero-order chi connectivity index (χ0) is 20.2. The third kappa shape index (κ3) is 5.59. The summed E-state index contributed by atoms with van der Waals surface area (Å²) in [5.41, 5.74) is -0.577. The third-order valence-corrected chi connectivity index (χ3v) is 4.81. The van der Waals surface area contributed by atoms with Gasteiger partial charge < -0.3 is 15.3 Å². The molecule has 1 aliphatic heterocycles. The number of halogens is 3.